The molecule has 2 unspecified atom stereocenters. The first-order valence-corrected chi connectivity index (χ1v) is 11.0. The third-order valence-electron chi connectivity index (χ3n) is 5.23. The van der Waals surface area contributed by atoms with Crippen molar-refractivity contribution < 1.29 is 9.53 Å². The topological polar surface area (TPSA) is 78.8 Å². The van der Waals surface area contributed by atoms with E-state index in [1.165, 1.54) is 37.3 Å². The van der Waals surface area contributed by atoms with E-state index >= 15 is 0 Å². The van der Waals surface area contributed by atoms with Gasteiger partial charge in [0, 0.05) is 19.6 Å². The summed E-state index contributed by atoms with van der Waals surface area (Å²) in [7, 11) is 1.77. The second-order valence-electron chi connectivity index (χ2n) is 7.57. The maximum Gasteiger partial charge on any atom is 0.350 e. The molecule has 1 aromatic heterocycles. The molecule has 9 heteroatoms. The number of rotatable bonds is 7. The highest BCUT2D eigenvalue weighted by Gasteiger charge is 2.22. The van der Waals surface area contributed by atoms with Crippen LogP contribution in [0.5, 0.6) is 0 Å². The fourth-order valence-electron chi connectivity index (χ4n) is 3.29. The summed E-state index contributed by atoms with van der Waals surface area (Å²) in [6.45, 7) is 13.8. The molecule has 2 N–H and O–H groups in total. The average Bonchev–Trinajstić information content (AvgIpc) is 3.07. The number of piperidine rings is 1. The Kier molecular flexibility index (Phi) is 11.4. The minimum atomic E-state index is -0.303. The van der Waals surface area contributed by atoms with Crippen LogP contribution in [0.1, 0.15) is 67.0 Å². The van der Waals surface area contributed by atoms with Gasteiger partial charge in [-0.25, -0.2) is 9.78 Å². The number of ether oxygens (including phenoxy) is 1. The third kappa shape index (κ3) is 7.67. The molecule has 0 saturated carbocycles. The fraction of sp³-hybridized carbons (Fsp3) is 0.750. The first kappa shape index (κ1) is 26.1. The molecule has 0 radical (unpaired) electrons. The monoisotopic (exact) mass is 537 g/mol. The predicted molar refractivity (Wildman–Crippen MR) is 131 cm³/mol. The molecule has 0 bridgehead atoms. The highest BCUT2D eigenvalue weighted by atomic mass is 127. The zero-order valence-electron chi connectivity index (χ0n) is 18.4. The zero-order valence-corrected chi connectivity index (χ0v) is 21.6. The van der Waals surface area contributed by atoms with Crippen molar-refractivity contribution in [2.24, 2.45) is 10.9 Å². The largest absolute Gasteiger partial charge is 0.462 e. The minimum absolute atomic E-state index is 0. The van der Waals surface area contributed by atoms with Gasteiger partial charge in [0.25, 0.3) is 0 Å². The molecule has 1 saturated heterocycles. The number of hydrogen-bond acceptors (Lipinski definition) is 6. The van der Waals surface area contributed by atoms with Gasteiger partial charge in [0.1, 0.15) is 9.88 Å². The molecule has 2 atom stereocenters. The number of nitrogens with one attached hydrogen (secondary N) is 2. The molecular weight excluding hydrogens is 501 g/mol. The van der Waals surface area contributed by atoms with Crippen LogP contribution in [0.4, 0.5) is 0 Å². The van der Waals surface area contributed by atoms with E-state index in [1.807, 2.05) is 13.8 Å². The summed E-state index contributed by atoms with van der Waals surface area (Å²) < 4.78 is 5.10. The molecule has 1 fully saturated rings. The standard InChI is InChI=1S/C20H35N5O2S.HI/c1-7-27-19(26)17-15(4)23-18(28-17)16(5)24-20(21-6)22-12-14(3)25-10-8-13(2)9-11-25;/h13-14,16H,7-12H2,1-6H3,(H2,21,22,24);1H. The Morgan fingerprint density at radius 2 is 2.03 bits per heavy atom. The number of carbonyl (C=O) groups excluding carboxylic acids is 1. The molecule has 0 spiro atoms. The van der Waals surface area contributed by atoms with Crippen molar-refractivity contribution in [3.05, 3.63) is 15.6 Å². The van der Waals surface area contributed by atoms with E-state index in [0.29, 0.717) is 23.2 Å². The Morgan fingerprint density at radius 3 is 2.62 bits per heavy atom. The lowest BCUT2D eigenvalue weighted by molar-refractivity contribution is 0.0531. The lowest BCUT2D eigenvalue weighted by Gasteiger charge is -2.35. The lowest BCUT2D eigenvalue weighted by atomic mass is 9.98. The number of aliphatic imine (C=N–C) groups is 1. The Bertz CT molecular complexity index is 674. The molecule has 0 aromatic carbocycles. The van der Waals surface area contributed by atoms with Gasteiger partial charge in [-0.05, 0) is 59.5 Å². The number of aromatic nitrogens is 1. The van der Waals surface area contributed by atoms with Crippen LogP contribution in [-0.4, -0.2) is 61.1 Å². The van der Waals surface area contributed by atoms with Gasteiger partial charge >= 0.3 is 5.97 Å². The summed E-state index contributed by atoms with van der Waals surface area (Å²) in [5.41, 5.74) is 0.711. The minimum Gasteiger partial charge on any atom is -0.462 e. The second kappa shape index (κ2) is 12.7. The van der Waals surface area contributed by atoms with Gasteiger partial charge in [0.15, 0.2) is 5.96 Å². The van der Waals surface area contributed by atoms with E-state index in [2.05, 4.69) is 39.4 Å². The number of thiazole rings is 1. The highest BCUT2D eigenvalue weighted by Crippen LogP contribution is 2.24. The molecule has 0 aliphatic carbocycles. The Morgan fingerprint density at radius 1 is 1.38 bits per heavy atom. The van der Waals surface area contributed by atoms with Gasteiger partial charge in [0.05, 0.1) is 18.3 Å². The van der Waals surface area contributed by atoms with Crippen LogP contribution < -0.4 is 10.6 Å². The SMILES string of the molecule is CCOC(=O)c1sc(C(C)NC(=NC)NCC(C)N2CCC(C)CC2)nc1C.I. The summed E-state index contributed by atoms with van der Waals surface area (Å²) in [6, 6.07) is 0.406. The van der Waals surface area contributed by atoms with Crippen molar-refractivity contribution in [2.75, 3.05) is 33.3 Å². The molecule has 1 aliphatic heterocycles. The molecule has 1 aliphatic rings. The summed E-state index contributed by atoms with van der Waals surface area (Å²) >= 11 is 1.38. The number of nitrogens with zero attached hydrogens (tertiary/aromatic N) is 3. The first-order valence-electron chi connectivity index (χ1n) is 10.2. The van der Waals surface area contributed by atoms with Gasteiger partial charge in [-0.15, -0.1) is 35.3 Å². The van der Waals surface area contributed by atoms with Crippen molar-refractivity contribution in [1.29, 1.82) is 0 Å². The van der Waals surface area contributed by atoms with E-state index in [1.54, 1.807) is 14.0 Å². The summed E-state index contributed by atoms with van der Waals surface area (Å²) in [6.07, 6.45) is 2.56. The van der Waals surface area contributed by atoms with Crippen LogP contribution in [0.15, 0.2) is 4.99 Å². The highest BCUT2D eigenvalue weighted by molar-refractivity contribution is 14.0. The van der Waals surface area contributed by atoms with Crippen molar-refractivity contribution in [3.8, 4) is 0 Å². The Labute approximate surface area is 196 Å². The van der Waals surface area contributed by atoms with Crippen LogP contribution >= 0.6 is 35.3 Å². The predicted octanol–water partition coefficient (Wildman–Crippen LogP) is 3.59. The van der Waals surface area contributed by atoms with Gasteiger partial charge in [-0.3, -0.25) is 9.89 Å². The number of likely N-dealkylation sites (tertiary alicyclic amines) is 1. The number of hydrogen-bond donors (Lipinski definition) is 2. The molecule has 166 valence electrons. The molecule has 2 heterocycles. The van der Waals surface area contributed by atoms with Crippen molar-refractivity contribution in [2.45, 2.75) is 59.5 Å². The smallest absolute Gasteiger partial charge is 0.350 e. The number of aryl methyl sites for hydroxylation is 1. The van der Waals surface area contributed by atoms with Crippen LogP contribution in [0.25, 0.3) is 0 Å². The number of esters is 1. The fourth-order valence-corrected chi connectivity index (χ4v) is 4.26. The molecule has 29 heavy (non-hydrogen) atoms. The Balaban J connectivity index is 0.00000420. The molecule has 1 aromatic rings. The lowest BCUT2D eigenvalue weighted by Crippen LogP contribution is -2.48. The summed E-state index contributed by atoms with van der Waals surface area (Å²) in [5, 5.41) is 7.65. The maximum absolute atomic E-state index is 12.0. The molecular formula is C20H36IN5O2S. The van der Waals surface area contributed by atoms with Crippen LogP contribution in [0.2, 0.25) is 0 Å². The van der Waals surface area contributed by atoms with Crippen LogP contribution in [-0.2, 0) is 4.74 Å². The van der Waals surface area contributed by atoms with Crippen LogP contribution in [0, 0.1) is 12.8 Å². The van der Waals surface area contributed by atoms with Crippen molar-refractivity contribution in [3.63, 3.8) is 0 Å². The van der Waals surface area contributed by atoms with E-state index in [-0.39, 0.29) is 36.0 Å². The van der Waals surface area contributed by atoms with E-state index in [4.69, 9.17) is 4.74 Å². The van der Waals surface area contributed by atoms with Gasteiger partial charge in [0.2, 0.25) is 0 Å². The summed E-state index contributed by atoms with van der Waals surface area (Å²) in [4.78, 5) is 24.0. The van der Waals surface area contributed by atoms with Crippen LogP contribution in [0.3, 0.4) is 0 Å². The second-order valence-corrected chi connectivity index (χ2v) is 8.60. The Hall–Kier alpha value is -0.940. The quantitative estimate of drug-likeness (QED) is 0.240. The van der Waals surface area contributed by atoms with Gasteiger partial charge < -0.3 is 15.4 Å². The average molecular weight is 538 g/mol. The zero-order chi connectivity index (χ0) is 20.7. The van der Waals surface area contributed by atoms with Gasteiger partial charge in [-0.2, -0.15) is 0 Å². The maximum atomic E-state index is 12.0. The first-order chi connectivity index (χ1) is 13.3. The van der Waals surface area contributed by atoms with E-state index in [9.17, 15) is 4.79 Å². The van der Waals surface area contributed by atoms with Crippen molar-refractivity contribution in [1.82, 2.24) is 20.5 Å². The number of guanidine groups is 1. The molecule has 0 amide bonds. The number of carbonyl (C=O) groups is 1. The van der Waals surface area contributed by atoms with E-state index in [0.717, 1.165) is 23.4 Å². The van der Waals surface area contributed by atoms with Crippen molar-refractivity contribution >= 4 is 47.2 Å². The summed E-state index contributed by atoms with van der Waals surface area (Å²) in [5.74, 6) is 1.28. The molecule has 7 nitrogen and oxygen atoms in total. The normalized spacial score (nSPS) is 17.9. The molecule has 2 rings (SSSR count). The number of halogens is 1. The van der Waals surface area contributed by atoms with E-state index < -0.39 is 0 Å². The van der Waals surface area contributed by atoms with Gasteiger partial charge in [-0.1, -0.05) is 6.92 Å². The third-order valence-corrected chi connectivity index (χ3v) is 6.55.